The van der Waals surface area contributed by atoms with Crippen molar-refractivity contribution in [1.82, 2.24) is 9.47 Å². The second-order valence-electron chi connectivity index (χ2n) is 9.41. The van der Waals surface area contributed by atoms with Crippen LogP contribution in [0, 0.1) is 0 Å². The second-order valence-corrected chi connectivity index (χ2v) is 9.41. The third-order valence-electron chi connectivity index (χ3n) is 7.57. The number of para-hydroxylation sites is 1. The molecular formula is C25H36N2O. The van der Waals surface area contributed by atoms with Gasteiger partial charge in [-0.25, -0.2) is 0 Å². The van der Waals surface area contributed by atoms with E-state index >= 15 is 0 Å². The van der Waals surface area contributed by atoms with Gasteiger partial charge in [0.1, 0.15) is 0 Å². The zero-order valence-electron chi connectivity index (χ0n) is 17.3. The summed E-state index contributed by atoms with van der Waals surface area (Å²) >= 11 is 0. The smallest absolute Gasteiger partial charge is 0.0623 e. The zero-order valence-corrected chi connectivity index (χ0v) is 17.3. The lowest BCUT2D eigenvalue weighted by Crippen LogP contribution is -2.60. The molecule has 3 aliphatic rings. The normalized spacial score (nSPS) is 31.1. The van der Waals surface area contributed by atoms with Gasteiger partial charge in [0.15, 0.2) is 0 Å². The van der Waals surface area contributed by atoms with E-state index in [-0.39, 0.29) is 0 Å². The number of morpholine rings is 1. The average Bonchev–Trinajstić information content (AvgIpc) is 3.15. The van der Waals surface area contributed by atoms with Gasteiger partial charge in [0.05, 0.1) is 13.2 Å². The first kappa shape index (κ1) is 18.7. The highest BCUT2D eigenvalue weighted by Crippen LogP contribution is 2.39. The molecule has 3 heteroatoms. The van der Waals surface area contributed by atoms with Crippen molar-refractivity contribution < 1.29 is 4.74 Å². The van der Waals surface area contributed by atoms with Crippen LogP contribution < -0.4 is 0 Å². The van der Waals surface area contributed by atoms with Gasteiger partial charge < -0.3 is 9.30 Å². The van der Waals surface area contributed by atoms with Crippen LogP contribution in [0.2, 0.25) is 0 Å². The summed E-state index contributed by atoms with van der Waals surface area (Å²) < 4.78 is 8.62. The summed E-state index contributed by atoms with van der Waals surface area (Å²) in [6.45, 7) is 1.87. The summed E-state index contributed by atoms with van der Waals surface area (Å²) in [6.07, 6.45) is 17.7. The monoisotopic (exact) mass is 380 g/mol. The maximum atomic E-state index is 6.06. The first-order chi connectivity index (χ1) is 13.9. The zero-order chi connectivity index (χ0) is 18.8. The van der Waals surface area contributed by atoms with Crippen molar-refractivity contribution in [3.8, 4) is 0 Å². The van der Waals surface area contributed by atoms with Crippen molar-refractivity contribution >= 4 is 10.9 Å². The van der Waals surface area contributed by atoms with Crippen LogP contribution in [-0.2, 0) is 4.74 Å². The van der Waals surface area contributed by atoms with E-state index in [4.69, 9.17) is 4.74 Å². The van der Waals surface area contributed by atoms with Gasteiger partial charge in [0, 0.05) is 35.9 Å². The molecule has 152 valence electrons. The lowest BCUT2D eigenvalue weighted by atomic mass is 9.85. The van der Waals surface area contributed by atoms with Crippen LogP contribution in [0.3, 0.4) is 0 Å². The molecule has 0 amide bonds. The fourth-order valence-corrected chi connectivity index (χ4v) is 6.25. The molecule has 2 saturated heterocycles. The molecule has 1 aliphatic carbocycles. The summed E-state index contributed by atoms with van der Waals surface area (Å²) in [5.41, 5.74) is 1.40. The number of benzene rings is 1. The average molecular weight is 381 g/mol. The molecule has 0 N–H and O–H groups in total. The number of hydrogen-bond donors (Lipinski definition) is 0. The first-order valence-corrected chi connectivity index (χ1v) is 11.8. The first-order valence-electron chi connectivity index (χ1n) is 11.8. The number of ether oxygens (including phenoxy) is 1. The molecule has 5 rings (SSSR count). The van der Waals surface area contributed by atoms with Crippen molar-refractivity contribution in [2.45, 2.75) is 94.8 Å². The van der Waals surface area contributed by atoms with Crippen LogP contribution in [0.25, 0.3) is 10.9 Å². The minimum atomic E-state index is 0.603. The molecular weight excluding hydrogens is 344 g/mol. The third-order valence-corrected chi connectivity index (χ3v) is 7.57. The van der Waals surface area contributed by atoms with Crippen molar-refractivity contribution in [3.05, 3.63) is 36.5 Å². The number of rotatable bonds is 2. The van der Waals surface area contributed by atoms with Crippen LogP contribution in [0.1, 0.15) is 76.7 Å². The summed E-state index contributed by atoms with van der Waals surface area (Å²) in [5.74, 6) is 0. The Morgan fingerprint density at radius 1 is 0.679 bits per heavy atom. The Bertz CT molecular complexity index is 745. The minimum Gasteiger partial charge on any atom is -0.378 e. The van der Waals surface area contributed by atoms with Crippen molar-refractivity contribution in [1.29, 1.82) is 0 Å². The Hall–Kier alpha value is -1.32. The van der Waals surface area contributed by atoms with E-state index in [1.165, 1.54) is 81.5 Å². The molecule has 1 aromatic carbocycles. The summed E-state index contributed by atoms with van der Waals surface area (Å²) in [4.78, 5) is 2.94. The molecule has 2 unspecified atom stereocenters. The van der Waals surface area contributed by atoms with Gasteiger partial charge in [-0.1, -0.05) is 63.1 Å². The highest BCUT2D eigenvalue weighted by Gasteiger charge is 2.42. The van der Waals surface area contributed by atoms with E-state index in [1.807, 2.05) is 0 Å². The number of hydrogen-bond acceptors (Lipinski definition) is 2. The van der Waals surface area contributed by atoms with Gasteiger partial charge in [-0.3, -0.25) is 4.90 Å². The molecule has 2 aromatic rings. The molecule has 3 nitrogen and oxygen atoms in total. The summed E-state index contributed by atoms with van der Waals surface area (Å²) in [7, 11) is 0. The van der Waals surface area contributed by atoms with Gasteiger partial charge >= 0.3 is 0 Å². The summed E-state index contributed by atoms with van der Waals surface area (Å²) in [6, 6.07) is 13.8. The Morgan fingerprint density at radius 2 is 1.32 bits per heavy atom. The van der Waals surface area contributed by atoms with Gasteiger partial charge in [0.2, 0.25) is 0 Å². The lowest BCUT2D eigenvalue weighted by molar-refractivity contribution is -0.107. The topological polar surface area (TPSA) is 17.4 Å². The minimum absolute atomic E-state index is 0.603. The van der Waals surface area contributed by atoms with Gasteiger partial charge in [-0.05, 0) is 43.2 Å². The van der Waals surface area contributed by atoms with Crippen LogP contribution in [0.15, 0.2) is 36.5 Å². The fourth-order valence-electron chi connectivity index (χ4n) is 6.25. The van der Waals surface area contributed by atoms with Crippen molar-refractivity contribution in [2.24, 2.45) is 0 Å². The maximum Gasteiger partial charge on any atom is 0.0623 e. The second kappa shape index (κ2) is 8.59. The summed E-state index contributed by atoms with van der Waals surface area (Å²) in [5, 5.41) is 1.37. The predicted octanol–water partition coefficient (Wildman–Crippen LogP) is 5.94. The lowest BCUT2D eigenvalue weighted by Gasteiger charge is -2.52. The molecule has 2 atom stereocenters. The SMILES string of the molecule is c1ccc2c(c1)ccn2C1CC2COCC(C1)N2C1CCCCCCCCC1. The Labute approximate surface area is 170 Å². The van der Waals surface area contributed by atoms with Crippen molar-refractivity contribution in [3.63, 3.8) is 0 Å². The number of piperidine rings is 1. The van der Waals surface area contributed by atoms with E-state index in [0.29, 0.717) is 18.1 Å². The van der Waals surface area contributed by atoms with E-state index in [2.05, 4.69) is 46.0 Å². The van der Waals surface area contributed by atoms with E-state index in [0.717, 1.165) is 19.3 Å². The molecule has 1 saturated carbocycles. The Morgan fingerprint density at radius 3 is 2.04 bits per heavy atom. The molecule has 2 bridgehead atoms. The number of nitrogens with zero attached hydrogens (tertiary/aromatic N) is 2. The standard InChI is InChI=1S/C25H36N2O/c1-2-4-6-11-21(12-7-5-3-1)27-23-16-22(17-24(27)19-28-18-23)26-15-14-20-10-8-9-13-25(20)26/h8-10,13-15,21-24H,1-7,11-12,16-19H2. The molecule has 2 aliphatic heterocycles. The third kappa shape index (κ3) is 3.76. The predicted molar refractivity (Wildman–Crippen MR) is 116 cm³/mol. The van der Waals surface area contributed by atoms with Gasteiger partial charge in [-0.15, -0.1) is 0 Å². The fraction of sp³-hybridized carbons (Fsp3) is 0.680. The maximum absolute atomic E-state index is 6.06. The molecule has 0 spiro atoms. The molecule has 0 radical (unpaired) electrons. The van der Waals surface area contributed by atoms with Crippen LogP contribution in [0.4, 0.5) is 0 Å². The van der Waals surface area contributed by atoms with Crippen LogP contribution >= 0.6 is 0 Å². The van der Waals surface area contributed by atoms with Gasteiger partial charge in [-0.2, -0.15) is 0 Å². The molecule has 1 aromatic heterocycles. The largest absolute Gasteiger partial charge is 0.378 e. The molecule has 3 heterocycles. The van der Waals surface area contributed by atoms with E-state index < -0.39 is 0 Å². The van der Waals surface area contributed by atoms with E-state index in [1.54, 1.807) is 0 Å². The number of fused-ring (bicyclic) bond motifs is 3. The van der Waals surface area contributed by atoms with Crippen LogP contribution in [0.5, 0.6) is 0 Å². The van der Waals surface area contributed by atoms with Crippen molar-refractivity contribution in [2.75, 3.05) is 13.2 Å². The quantitative estimate of drug-likeness (QED) is 0.641. The highest BCUT2D eigenvalue weighted by atomic mass is 16.5. The Balaban J connectivity index is 1.34. The molecule has 3 fully saturated rings. The highest BCUT2D eigenvalue weighted by molar-refractivity contribution is 5.80. The molecule has 28 heavy (non-hydrogen) atoms. The van der Waals surface area contributed by atoms with E-state index in [9.17, 15) is 0 Å². The van der Waals surface area contributed by atoms with Crippen LogP contribution in [-0.4, -0.2) is 40.8 Å². The number of aromatic nitrogens is 1. The van der Waals surface area contributed by atoms with Gasteiger partial charge in [0.25, 0.3) is 0 Å². The Kier molecular flexibility index (Phi) is 5.73.